The second-order valence-electron chi connectivity index (χ2n) is 6.50. The molecule has 0 spiro atoms. The first kappa shape index (κ1) is 21.7. The number of nitro benzene ring substituents is 1. The number of methoxy groups -OCH3 is 1. The third-order valence-electron chi connectivity index (χ3n) is 4.18. The van der Waals surface area contributed by atoms with E-state index in [4.69, 9.17) is 9.47 Å². The summed E-state index contributed by atoms with van der Waals surface area (Å²) in [7, 11) is 2.86. The number of non-ortho nitro benzene ring substituents is 1. The van der Waals surface area contributed by atoms with Crippen LogP contribution in [0, 0.1) is 24.0 Å². The molecule has 29 heavy (non-hydrogen) atoms. The zero-order valence-electron chi connectivity index (χ0n) is 16.7. The van der Waals surface area contributed by atoms with Crippen molar-refractivity contribution in [1.82, 2.24) is 4.90 Å². The molecule has 2 aromatic carbocycles. The van der Waals surface area contributed by atoms with Gasteiger partial charge in [-0.25, -0.2) is 0 Å². The van der Waals surface area contributed by atoms with E-state index in [1.807, 2.05) is 32.0 Å². The van der Waals surface area contributed by atoms with Crippen LogP contribution in [0.1, 0.15) is 11.1 Å². The fourth-order valence-electron chi connectivity index (χ4n) is 2.51. The fourth-order valence-corrected chi connectivity index (χ4v) is 2.51. The van der Waals surface area contributed by atoms with Gasteiger partial charge in [-0.1, -0.05) is 12.1 Å². The summed E-state index contributed by atoms with van der Waals surface area (Å²) >= 11 is 0. The summed E-state index contributed by atoms with van der Waals surface area (Å²) in [4.78, 5) is 36.1. The van der Waals surface area contributed by atoms with E-state index in [0.29, 0.717) is 5.69 Å². The Labute approximate surface area is 168 Å². The number of likely N-dealkylation sites (N-methyl/N-ethyl adjacent to an activating group) is 1. The van der Waals surface area contributed by atoms with Crippen LogP contribution in [0.3, 0.4) is 0 Å². The Kier molecular flexibility index (Phi) is 7.13. The minimum Gasteiger partial charge on any atom is -0.493 e. The molecule has 1 N–H and O–H groups in total. The minimum atomic E-state index is -0.572. The standard InChI is InChI=1S/C20H23N3O6/c1-13-5-6-14(2)16(9-13)21-19(24)11-22(3)20(25)12-29-18-10-15(23(26)27)7-8-17(18)28-4/h5-10H,11-12H2,1-4H3,(H,21,24). The van der Waals surface area contributed by atoms with Crippen molar-refractivity contribution in [1.29, 1.82) is 0 Å². The van der Waals surface area contributed by atoms with Gasteiger partial charge in [0.05, 0.1) is 24.6 Å². The number of anilines is 1. The molecular formula is C20H23N3O6. The first-order valence-corrected chi connectivity index (χ1v) is 8.77. The first-order valence-electron chi connectivity index (χ1n) is 8.77. The van der Waals surface area contributed by atoms with Gasteiger partial charge in [-0.2, -0.15) is 0 Å². The lowest BCUT2D eigenvalue weighted by molar-refractivity contribution is -0.385. The summed E-state index contributed by atoms with van der Waals surface area (Å²) < 4.78 is 10.5. The Morgan fingerprint density at radius 2 is 1.86 bits per heavy atom. The van der Waals surface area contributed by atoms with E-state index in [1.165, 1.54) is 37.3 Å². The van der Waals surface area contributed by atoms with E-state index in [1.54, 1.807) is 0 Å². The maximum Gasteiger partial charge on any atom is 0.273 e. The zero-order valence-corrected chi connectivity index (χ0v) is 16.7. The molecule has 0 saturated carbocycles. The average Bonchev–Trinajstić information content (AvgIpc) is 2.68. The lowest BCUT2D eigenvalue weighted by atomic mass is 10.1. The van der Waals surface area contributed by atoms with Gasteiger partial charge in [0.1, 0.15) is 0 Å². The SMILES string of the molecule is COc1ccc([N+](=O)[O-])cc1OCC(=O)N(C)CC(=O)Nc1cc(C)ccc1C. The maximum atomic E-state index is 12.3. The molecule has 0 aliphatic carbocycles. The van der Waals surface area contributed by atoms with E-state index < -0.39 is 17.4 Å². The number of amides is 2. The molecule has 9 heteroatoms. The summed E-state index contributed by atoms with van der Waals surface area (Å²) in [6.45, 7) is 3.24. The van der Waals surface area contributed by atoms with Crippen LogP contribution in [0.5, 0.6) is 11.5 Å². The largest absolute Gasteiger partial charge is 0.493 e. The van der Waals surface area contributed by atoms with E-state index in [2.05, 4.69) is 5.32 Å². The van der Waals surface area contributed by atoms with Crippen molar-refractivity contribution >= 4 is 23.2 Å². The second kappa shape index (κ2) is 9.54. The molecule has 154 valence electrons. The molecule has 2 aromatic rings. The summed E-state index contributed by atoms with van der Waals surface area (Å²) in [5.74, 6) is -0.473. The Hall–Kier alpha value is -3.62. The monoisotopic (exact) mass is 401 g/mol. The molecule has 0 aliphatic rings. The van der Waals surface area contributed by atoms with Gasteiger partial charge in [-0.3, -0.25) is 19.7 Å². The van der Waals surface area contributed by atoms with Gasteiger partial charge >= 0.3 is 0 Å². The third kappa shape index (κ3) is 5.93. The normalized spacial score (nSPS) is 10.2. The Balaban J connectivity index is 1.95. The number of carbonyl (C=O) groups is 2. The number of nitrogens with one attached hydrogen (secondary N) is 1. The highest BCUT2D eigenvalue weighted by Gasteiger charge is 2.17. The van der Waals surface area contributed by atoms with Gasteiger partial charge in [0.25, 0.3) is 11.6 Å². The quantitative estimate of drug-likeness (QED) is 0.538. The lowest BCUT2D eigenvalue weighted by Gasteiger charge is -2.18. The van der Waals surface area contributed by atoms with Gasteiger partial charge in [-0.15, -0.1) is 0 Å². The number of rotatable bonds is 8. The van der Waals surface area contributed by atoms with Crippen molar-refractivity contribution in [2.24, 2.45) is 0 Å². The molecule has 0 radical (unpaired) electrons. The predicted octanol–water partition coefficient (Wildman–Crippen LogP) is 2.70. The number of benzene rings is 2. The number of aryl methyl sites for hydroxylation is 2. The molecule has 0 aromatic heterocycles. The molecule has 0 fully saturated rings. The summed E-state index contributed by atoms with van der Waals surface area (Å²) in [6, 6.07) is 9.54. The van der Waals surface area contributed by atoms with Crippen molar-refractivity contribution < 1.29 is 24.0 Å². The zero-order chi connectivity index (χ0) is 21.6. The van der Waals surface area contributed by atoms with Crippen LogP contribution in [-0.2, 0) is 9.59 Å². The van der Waals surface area contributed by atoms with E-state index in [0.717, 1.165) is 11.1 Å². The Morgan fingerprint density at radius 3 is 2.52 bits per heavy atom. The number of nitro groups is 1. The number of nitrogens with zero attached hydrogens (tertiary/aromatic N) is 2. The topological polar surface area (TPSA) is 111 Å². The fraction of sp³-hybridized carbons (Fsp3) is 0.300. The lowest BCUT2D eigenvalue weighted by Crippen LogP contribution is -2.37. The highest BCUT2D eigenvalue weighted by molar-refractivity contribution is 5.95. The molecule has 9 nitrogen and oxygen atoms in total. The molecule has 0 atom stereocenters. The molecule has 0 saturated heterocycles. The molecule has 0 bridgehead atoms. The van der Waals surface area contributed by atoms with E-state index >= 15 is 0 Å². The molecule has 0 aliphatic heterocycles. The Morgan fingerprint density at radius 1 is 1.14 bits per heavy atom. The predicted molar refractivity (Wildman–Crippen MR) is 107 cm³/mol. The second-order valence-corrected chi connectivity index (χ2v) is 6.50. The van der Waals surface area contributed by atoms with E-state index in [9.17, 15) is 19.7 Å². The minimum absolute atomic E-state index is 0.0725. The van der Waals surface area contributed by atoms with Crippen LogP contribution in [0.4, 0.5) is 11.4 Å². The van der Waals surface area contributed by atoms with Crippen LogP contribution in [0.15, 0.2) is 36.4 Å². The van der Waals surface area contributed by atoms with Crippen LogP contribution in [-0.4, -0.2) is 48.9 Å². The van der Waals surface area contributed by atoms with Crippen LogP contribution < -0.4 is 14.8 Å². The molecule has 0 unspecified atom stereocenters. The molecule has 0 heterocycles. The average molecular weight is 401 g/mol. The van der Waals surface area contributed by atoms with Crippen LogP contribution >= 0.6 is 0 Å². The maximum absolute atomic E-state index is 12.3. The molecular weight excluding hydrogens is 378 g/mol. The highest BCUT2D eigenvalue weighted by Crippen LogP contribution is 2.31. The summed E-state index contributed by atoms with van der Waals surface area (Å²) in [5.41, 5.74) is 2.43. The number of carbonyl (C=O) groups excluding carboxylic acids is 2. The van der Waals surface area contributed by atoms with Crippen molar-refractivity contribution in [2.75, 3.05) is 32.6 Å². The Bertz CT molecular complexity index is 928. The van der Waals surface area contributed by atoms with Gasteiger partial charge in [0.2, 0.25) is 5.91 Å². The molecule has 2 rings (SSSR count). The first-order chi connectivity index (χ1) is 13.7. The van der Waals surface area contributed by atoms with Crippen LogP contribution in [0.25, 0.3) is 0 Å². The summed E-state index contributed by atoms with van der Waals surface area (Å²) in [5, 5.41) is 13.7. The number of hydrogen-bond donors (Lipinski definition) is 1. The van der Waals surface area contributed by atoms with Gasteiger partial charge in [-0.05, 0) is 37.1 Å². The van der Waals surface area contributed by atoms with Crippen molar-refractivity contribution in [2.45, 2.75) is 13.8 Å². The van der Waals surface area contributed by atoms with Crippen molar-refractivity contribution in [3.05, 3.63) is 57.6 Å². The summed E-state index contributed by atoms with van der Waals surface area (Å²) in [6.07, 6.45) is 0. The number of hydrogen-bond acceptors (Lipinski definition) is 6. The van der Waals surface area contributed by atoms with Gasteiger partial charge in [0, 0.05) is 18.8 Å². The van der Waals surface area contributed by atoms with Gasteiger partial charge < -0.3 is 19.7 Å². The third-order valence-corrected chi connectivity index (χ3v) is 4.18. The van der Waals surface area contributed by atoms with E-state index in [-0.39, 0.29) is 29.6 Å². The van der Waals surface area contributed by atoms with Crippen molar-refractivity contribution in [3.63, 3.8) is 0 Å². The van der Waals surface area contributed by atoms with Crippen molar-refractivity contribution in [3.8, 4) is 11.5 Å². The number of ether oxygens (including phenoxy) is 2. The molecule has 2 amide bonds. The highest BCUT2D eigenvalue weighted by atomic mass is 16.6. The smallest absolute Gasteiger partial charge is 0.273 e. The van der Waals surface area contributed by atoms with Gasteiger partial charge in [0.15, 0.2) is 18.1 Å². The van der Waals surface area contributed by atoms with Crippen LogP contribution in [0.2, 0.25) is 0 Å².